The summed E-state index contributed by atoms with van der Waals surface area (Å²) in [4.78, 5) is 2.60. The quantitative estimate of drug-likeness (QED) is 0.682. The molecule has 0 aromatic rings. The molecule has 0 amide bonds. The lowest BCUT2D eigenvalue weighted by atomic mass is 10.1. The van der Waals surface area contributed by atoms with Crippen LogP contribution in [0.5, 0.6) is 0 Å². The Labute approximate surface area is 113 Å². The molecule has 0 N–H and O–H groups in total. The predicted molar refractivity (Wildman–Crippen MR) is 78.6 cm³/mol. The molecule has 2 rings (SSSR count). The van der Waals surface area contributed by atoms with Gasteiger partial charge in [0.05, 0.1) is 0 Å². The van der Waals surface area contributed by atoms with Gasteiger partial charge in [-0.15, -0.1) is 0 Å². The van der Waals surface area contributed by atoms with Crippen LogP contribution in [0.25, 0.3) is 0 Å². The van der Waals surface area contributed by atoms with Crippen LogP contribution in [0.1, 0.15) is 64.7 Å². The Balaban J connectivity index is 1.79. The minimum Gasteiger partial charge on any atom is -0.292 e. The van der Waals surface area contributed by atoms with Gasteiger partial charge in [-0.05, 0) is 38.1 Å². The molecule has 1 aliphatic heterocycles. The van der Waals surface area contributed by atoms with Crippen LogP contribution >= 0.6 is 12.6 Å². The minimum atomic E-state index is 0.446. The smallest absolute Gasteiger partial charge is 0.0499 e. The first-order valence-corrected chi connectivity index (χ1v) is 8.21. The van der Waals surface area contributed by atoms with Crippen molar-refractivity contribution in [1.82, 2.24) is 4.90 Å². The molecular weight excluding hydrogens is 226 g/mol. The Morgan fingerprint density at radius 3 is 2.29 bits per heavy atom. The van der Waals surface area contributed by atoms with Crippen LogP contribution in [0.15, 0.2) is 0 Å². The third kappa shape index (κ3) is 4.82. The summed E-state index contributed by atoms with van der Waals surface area (Å²) in [6, 6.07) is 0. The molecule has 1 saturated heterocycles. The Morgan fingerprint density at radius 2 is 1.59 bits per heavy atom. The average molecular weight is 255 g/mol. The summed E-state index contributed by atoms with van der Waals surface area (Å²) >= 11 is 4.64. The molecule has 1 heterocycles. The largest absolute Gasteiger partial charge is 0.292 e. The first kappa shape index (κ1) is 13.7. The van der Waals surface area contributed by atoms with Crippen LogP contribution in [0.4, 0.5) is 0 Å². The highest BCUT2D eigenvalue weighted by molar-refractivity contribution is 7.80. The summed E-state index contributed by atoms with van der Waals surface area (Å²) in [5.74, 6) is 2.07. The zero-order chi connectivity index (χ0) is 12.1. The molecule has 2 aliphatic rings. The number of rotatable bonds is 1. The van der Waals surface area contributed by atoms with Gasteiger partial charge >= 0.3 is 0 Å². The van der Waals surface area contributed by atoms with Gasteiger partial charge in [-0.1, -0.05) is 44.9 Å². The molecule has 17 heavy (non-hydrogen) atoms. The molecule has 0 radical (unpaired) electrons. The predicted octanol–water partition coefficient (Wildman–Crippen LogP) is 4.33. The van der Waals surface area contributed by atoms with Gasteiger partial charge in [0.15, 0.2) is 0 Å². The zero-order valence-corrected chi connectivity index (χ0v) is 12.3. The minimum absolute atomic E-state index is 0.446. The van der Waals surface area contributed by atoms with Crippen molar-refractivity contribution >= 4 is 12.6 Å². The van der Waals surface area contributed by atoms with Crippen molar-refractivity contribution < 1.29 is 0 Å². The van der Waals surface area contributed by atoms with E-state index in [-0.39, 0.29) is 0 Å². The van der Waals surface area contributed by atoms with Crippen molar-refractivity contribution in [2.24, 2.45) is 11.8 Å². The fourth-order valence-electron chi connectivity index (χ4n) is 3.22. The van der Waals surface area contributed by atoms with Crippen LogP contribution in [0.3, 0.4) is 0 Å². The summed E-state index contributed by atoms with van der Waals surface area (Å²) in [6.45, 7) is 4.82. The number of thiol groups is 1. The third-order valence-electron chi connectivity index (χ3n) is 4.59. The zero-order valence-electron chi connectivity index (χ0n) is 11.4. The van der Waals surface area contributed by atoms with E-state index in [0.717, 1.165) is 11.8 Å². The van der Waals surface area contributed by atoms with E-state index in [9.17, 15) is 0 Å². The monoisotopic (exact) mass is 255 g/mol. The molecule has 2 fully saturated rings. The lowest BCUT2D eigenvalue weighted by molar-refractivity contribution is 0.246. The summed E-state index contributed by atoms with van der Waals surface area (Å²) < 4.78 is 0. The van der Waals surface area contributed by atoms with Gasteiger partial charge < -0.3 is 0 Å². The first-order valence-electron chi connectivity index (χ1n) is 7.69. The Hall–Kier alpha value is 0.310. The molecule has 3 unspecified atom stereocenters. The Bertz CT molecular complexity index is 217. The maximum atomic E-state index is 4.64. The van der Waals surface area contributed by atoms with Crippen LogP contribution in [0, 0.1) is 11.8 Å². The van der Waals surface area contributed by atoms with E-state index in [1.54, 1.807) is 0 Å². The van der Waals surface area contributed by atoms with Gasteiger partial charge in [0.25, 0.3) is 0 Å². The molecule has 0 bridgehead atoms. The molecule has 0 spiro atoms. The second-order valence-corrected chi connectivity index (χ2v) is 6.89. The van der Waals surface area contributed by atoms with Crippen LogP contribution < -0.4 is 0 Å². The maximum absolute atomic E-state index is 4.64. The summed E-state index contributed by atoms with van der Waals surface area (Å²) in [7, 11) is 0. The van der Waals surface area contributed by atoms with E-state index in [1.807, 2.05) is 0 Å². The number of hydrogen-bond donors (Lipinski definition) is 1. The third-order valence-corrected chi connectivity index (χ3v) is 4.91. The van der Waals surface area contributed by atoms with Gasteiger partial charge in [0.1, 0.15) is 0 Å². The summed E-state index contributed by atoms with van der Waals surface area (Å²) in [6.07, 6.45) is 13.1. The van der Waals surface area contributed by atoms with Gasteiger partial charge in [0.2, 0.25) is 0 Å². The molecule has 1 saturated carbocycles. The van der Waals surface area contributed by atoms with Crippen molar-refractivity contribution in [3.05, 3.63) is 0 Å². The van der Waals surface area contributed by atoms with Gasteiger partial charge in [-0.2, -0.15) is 12.6 Å². The van der Waals surface area contributed by atoms with E-state index in [1.165, 1.54) is 70.9 Å². The highest BCUT2D eigenvalue weighted by Gasteiger charge is 2.37. The molecule has 1 aliphatic carbocycles. The molecule has 2 heteroatoms. The Morgan fingerprint density at radius 1 is 0.941 bits per heavy atom. The maximum Gasteiger partial charge on any atom is 0.0499 e. The van der Waals surface area contributed by atoms with Crippen molar-refractivity contribution in [3.63, 3.8) is 0 Å². The normalized spacial score (nSPS) is 34.9. The lowest BCUT2D eigenvalue weighted by Gasteiger charge is -2.26. The van der Waals surface area contributed by atoms with E-state index in [0.29, 0.717) is 5.37 Å². The summed E-state index contributed by atoms with van der Waals surface area (Å²) in [5.41, 5.74) is 0. The topological polar surface area (TPSA) is 3.24 Å². The van der Waals surface area contributed by atoms with Gasteiger partial charge in [0, 0.05) is 11.9 Å². The van der Waals surface area contributed by atoms with Crippen molar-refractivity contribution in [2.75, 3.05) is 13.1 Å². The standard InChI is InChI=1S/C15H29NS/c1-13(17)16-10-8-6-4-2-3-5-7-9-14-11-15(14)12-16/h13-15,17H,2-12H2,1H3. The number of nitrogens with zero attached hydrogens (tertiary/aromatic N) is 1. The highest BCUT2D eigenvalue weighted by atomic mass is 32.1. The first-order chi connectivity index (χ1) is 8.27. The SMILES string of the molecule is CC(S)N1CCCCCCCCCC2CC2C1. The van der Waals surface area contributed by atoms with Gasteiger partial charge in [-0.25, -0.2) is 0 Å². The summed E-state index contributed by atoms with van der Waals surface area (Å²) in [5, 5.41) is 0.446. The van der Waals surface area contributed by atoms with Crippen LogP contribution in [-0.4, -0.2) is 23.4 Å². The van der Waals surface area contributed by atoms with Crippen molar-refractivity contribution in [1.29, 1.82) is 0 Å². The second-order valence-electron chi connectivity index (χ2n) is 6.15. The highest BCUT2D eigenvalue weighted by Crippen LogP contribution is 2.43. The molecule has 100 valence electrons. The lowest BCUT2D eigenvalue weighted by Crippen LogP contribution is -2.32. The van der Waals surface area contributed by atoms with Gasteiger partial charge in [-0.3, -0.25) is 4.90 Å². The number of hydrogen-bond acceptors (Lipinski definition) is 2. The molecule has 0 aromatic heterocycles. The molecular formula is C15H29NS. The van der Waals surface area contributed by atoms with Crippen LogP contribution in [0.2, 0.25) is 0 Å². The fourth-order valence-corrected chi connectivity index (χ4v) is 3.43. The van der Waals surface area contributed by atoms with E-state index >= 15 is 0 Å². The molecule has 1 nitrogen and oxygen atoms in total. The van der Waals surface area contributed by atoms with E-state index in [2.05, 4.69) is 24.5 Å². The molecule has 3 atom stereocenters. The Kier molecular flexibility index (Phi) is 5.68. The second kappa shape index (κ2) is 7.04. The fraction of sp³-hybridized carbons (Fsp3) is 1.00. The van der Waals surface area contributed by atoms with Crippen molar-refractivity contribution in [2.45, 2.75) is 70.1 Å². The molecule has 0 aromatic carbocycles. The average Bonchev–Trinajstić information content (AvgIpc) is 3.02. The van der Waals surface area contributed by atoms with Crippen LogP contribution in [-0.2, 0) is 0 Å². The number of fused-ring (bicyclic) bond motifs is 1. The van der Waals surface area contributed by atoms with E-state index < -0.39 is 0 Å². The van der Waals surface area contributed by atoms with Crippen molar-refractivity contribution in [3.8, 4) is 0 Å². The van der Waals surface area contributed by atoms with E-state index in [4.69, 9.17) is 0 Å².